The van der Waals surface area contributed by atoms with Gasteiger partial charge in [-0.05, 0) is 36.1 Å². The number of carbonyl (C=O) groups is 6. The van der Waals surface area contributed by atoms with Crippen molar-refractivity contribution in [3.63, 3.8) is 0 Å². The first-order valence-electron chi connectivity index (χ1n) is 14.9. The second-order valence-electron chi connectivity index (χ2n) is 11.0. The molecule has 4 aromatic rings. The summed E-state index contributed by atoms with van der Waals surface area (Å²) in [6.07, 6.45) is 3.27. The van der Waals surface area contributed by atoms with Crippen LogP contribution < -0.4 is 22.1 Å². The van der Waals surface area contributed by atoms with E-state index in [2.05, 4.69) is 20.6 Å². The highest BCUT2D eigenvalue weighted by Gasteiger charge is 2.24. The van der Waals surface area contributed by atoms with Crippen LogP contribution in [0.1, 0.15) is 44.2 Å². The molecule has 12 N–H and O–H groups in total. The fourth-order valence-corrected chi connectivity index (χ4v) is 4.79. The van der Waals surface area contributed by atoms with Gasteiger partial charge in [-0.3, -0.25) is 19.2 Å². The van der Waals surface area contributed by atoms with Crippen LogP contribution in [0, 0.1) is 0 Å². The highest BCUT2D eigenvalue weighted by atomic mass is 16.4. The third kappa shape index (κ3) is 11.8. The predicted molar refractivity (Wildman–Crippen MR) is 180 cm³/mol. The standard InChI is InChI=1S/2C16H19N3O5.CH4/c2*17-11(15(21)22)5-6-14(20)19-13(16(23)24)7-9-8-18-12-4-2-1-3-10(9)12;/h2*1-4,8,11,13,18H,5-7,17H2,(H,19,20)(H,21,22)(H,23,24);1H4/t2*11-,13-;/m11./s1. The summed E-state index contributed by atoms with van der Waals surface area (Å²) in [5.41, 5.74) is 14.0. The van der Waals surface area contributed by atoms with Crippen molar-refractivity contribution in [1.82, 2.24) is 20.6 Å². The SMILES string of the molecule is C.N[C@H](CCC(=O)N[C@H](Cc1c[nH]c2ccccc12)C(=O)O)C(=O)O.N[C@H](CCC(=O)N[C@H](Cc1c[nH]c2ccccc12)C(=O)O)C(=O)O. The molecule has 0 saturated carbocycles. The van der Waals surface area contributed by atoms with Crippen LogP contribution in [0.3, 0.4) is 0 Å². The lowest BCUT2D eigenvalue weighted by atomic mass is 10.0. The molecule has 0 bridgehead atoms. The minimum Gasteiger partial charge on any atom is -0.480 e. The number of hydrogen-bond donors (Lipinski definition) is 10. The van der Waals surface area contributed by atoms with Crippen LogP contribution in [0.15, 0.2) is 60.9 Å². The lowest BCUT2D eigenvalue weighted by Crippen LogP contribution is -2.43. The minimum absolute atomic E-state index is 0. The average Bonchev–Trinajstić information content (AvgIpc) is 3.65. The number of aromatic amines is 2. The summed E-state index contributed by atoms with van der Waals surface area (Å²) in [4.78, 5) is 73.8. The normalized spacial score (nSPS) is 13.1. The molecule has 2 heterocycles. The van der Waals surface area contributed by atoms with E-state index in [-0.39, 0.29) is 46.0 Å². The van der Waals surface area contributed by atoms with E-state index in [9.17, 15) is 39.0 Å². The van der Waals surface area contributed by atoms with Gasteiger partial charge < -0.3 is 52.5 Å². The van der Waals surface area contributed by atoms with Crippen LogP contribution in [0.2, 0.25) is 0 Å². The summed E-state index contributed by atoms with van der Waals surface area (Å²) >= 11 is 0. The number of carboxylic acid groups (broad SMARTS) is 4. The second kappa shape index (κ2) is 18.6. The molecule has 0 aliphatic carbocycles. The van der Waals surface area contributed by atoms with Gasteiger partial charge in [0.05, 0.1) is 0 Å². The minimum atomic E-state index is -1.20. The number of benzene rings is 2. The fraction of sp³-hybridized carbons (Fsp3) is 0.333. The maximum Gasteiger partial charge on any atom is 0.326 e. The van der Waals surface area contributed by atoms with Gasteiger partial charge in [0, 0.05) is 59.9 Å². The van der Waals surface area contributed by atoms with Gasteiger partial charge in [0.2, 0.25) is 11.8 Å². The lowest BCUT2D eigenvalue weighted by molar-refractivity contribution is -0.142. The number of nitrogens with two attached hydrogens (primary N) is 2. The van der Waals surface area contributed by atoms with Crippen molar-refractivity contribution in [1.29, 1.82) is 0 Å². The van der Waals surface area contributed by atoms with Crippen LogP contribution in [0.4, 0.5) is 0 Å². The van der Waals surface area contributed by atoms with E-state index in [1.54, 1.807) is 12.4 Å². The zero-order valence-corrected chi connectivity index (χ0v) is 25.7. The van der Waals surface area contributed by atoms with Crippen LogP contribution in [0.25, 0.3) is 21.8 Å². The van der Waals surface area contributed by atoms with Gasteiger partial charge in [-0.1, -0.05) is 43.8 Å². The van der Waals surface area contributed by atoms with E-state index in [0.29, 0.717) is 0 Å². The Bertz CT molecular complexity index is 1640. The number of para-hydroxylation sites is 2. The lowest BCUT2D eigenvalue weighted by Gasteiger charge is -2.15. The fourth-order valence-electron chi connectivity index (χ4n) is 4.79. The summed E-state index contributed by atoms with van der Waals surface area (Å²) in [6.45, 7) is 0. The topological polar surface area (TPSA) is 291 Å². The van der Waals surface area contributed by atoms with Gasteiger partial charge in [-0.2, -0.15) is 0 Å². The zero-order chi connectivity index (χ0) is 35.4. The summed E-state index contributed by atoms with van der Waals surface area (Å²) in [5, 5.41) is 42.6. The number of fused-ring (bicyclic) bond motifs is 2. The molecule has 264 valence electrons. The Morgan fingerprint density at radius 3 is 1.27 bits per heavy atom. The number of rotatable bonds is 16. The number of aromatic nitrogens is 2. The van der Waals surface area contributed by atoms with Crippen LogP contribution in [0.5, 0.6) is 0 Å². The first-order valence-corrected chi connectivity index (χ1v) is 14.9. The molecule has 2 aromatic carbocycles. The molecule has 16 heteroatoms. The number of amides is 2. The number of carbonyl (C=O) groups excluding carboxylic acids is 2. The number of nitrogens with one attached hydrogen (secondary N) is 4. The molecule has 49 heavy (non-hydrogen) atoms. The van der Waals surface area contributed by atoms with E-state index in [1.165, 1.54) is 0 Å². The highest BCUT2D eigenvalue weighted by Crippen LogP contribution is 2.20. The number of hydrogen-bond acceptors (Lipinski definition) is 8. The second-order valence-corrected chi connectivity index (χ2v) is 11.0. The van der Waals surface area contributed by atoms with E-state index in [0.717, 1.165) is 32.9 Å². The number of H-pyrrole nitrogens is 2. The molecular weight excluding hydrogens is 640 g/mol. The molecule has 2 aromatic heterocycles. The molecule has 0 saturated heterocycles. The van der Waals surface area contributed by atoms with Crippen LogP contribution in [-0.4, -0.2) is 90.3 Å². The molecule has 0 fully saturated rings. The van der Waals surface area contributed by atoms with Crippen molar-refractivity contribution < 1.29 is 49.2 Å². The summed E-state index contributed by atoms with van der Waals surface area (Å²) in [6, 6.07) is 10.4. The molecule has 4 rings (SSSR count). The Balaban J connectivity index is 0.000000333. The molecular formula is C33H42N6O10. The van der Waals surface area contributed by atoms with E-state index >= 15 is 0 Å². The van der Waals surface area contributed by atoms with Gasteiger partial charge in [0.1, 0.15) is 24.2 Å². The molecule has 16 nitrogen and oxygen atoms in total. The van der Waals surface area contributed by atoms with E-state index in [1.807, 2.05) is 48.5 Å². The van der Waals surface area contributed by atoms with Crippen molar-refractivity contribution in [3.8, 4) is 0 Å². The monoisotopic (exact) mass is 682 g/mol. The van der Waals surface area contributed by atoms with Gasteiger partial charge in [0.15, 0.2) is 0 Å². The van der Waals surface area contributed by atoms with Gasteiger partial charge in [-0.15, -0.1) is 0 Å². The highest BCUT2D eigenvalue weighted by molar-refractivity contribution is 5.88. The molecule has 0 spiro atoms. The predicted octanol–water partition coefficient (Wildman–Crippen LogP) is 1.58. The maximum atomic E-state index is 11.8. The van der Waals surface area contributed by atoms with Crippen molar-refractivity contribution in [3.05, 3.63) is 72.1 Å². The maximum absolute atomic E-state index is 11.8. The van der Waals surface area contributed by atoms with Gasteiger partial charge in [-0.25, -0.2) is 9.59 Å². The Morgan fingerprint density at radius 1 is 0.592 bits per heavy atom. The molecule has 2 amide bonds. The van der Waals surface area contributed by atoms with Crippen molar-refractivity contribution >= 4 is 57.5 Å². The first-order chi connectivity index (χ1) is 22.8. The van der Waals surface area contributed by atoms with Crippen molar-refractivity contribution in [2.75, 3.05) is 0 Å². The molecule has 0 aliphatic heterocycles. The van der Waals surface area contributed by atoms with Crippen molar-refractivity contribution in [2.45, 2.75) is 70.1 Å². The number of aliphatic carboxylic acids is 4. The largest absolute Gasteiger partial charge is 0.480 e. The number of carboxylic acids is 4. The Morgan fingerprint density at radius 2 is 0.939 bits per heavy atom. The molecule has 0 radical (unpaired) electrons. The molecule has 4 atom stereocenters. The summed E-state index contributed by atoms with van der Waals surface area (Å²) < 4.78 is 0. The smallest absolute Gasteiger partial charge is 0.326 e. The van der Waals surface area contributed by atoms with E-state index < -0.39 is 59.9 Å². The van der Waals surface area contributed by atoms with E-state index in [4.69, 9.17) is 21.7 Å². The van der Waals surface area contributed by atoms with Crippen molar-refractivity contribution in [2.24, 2.45) is 11.5 Å². The Kier molecular flexibility index (Phi) is 14.9. The zero-order valence-electron chi connectivity index (χ0n) is 25.7. The van der Waals surface area contributed by atoms with Gasteiger partial charge in [0.25, 0.3) is 0 Å². The summed E-state index contributed by atoms with van der Waals surface area (Å²) in [7, 11) is 0. The van der Waals surface area contributed by atoms with Crippen LogP contribution in [-0.2, 0) is 41.6 Å². The third-order valence-electron chi connectivity index (χ3n) is 7.46. The average molecular weight is 683 g/mol. The first kappa shape index (κ1) is 39.4. The Labute approximate surface area is 280 Å². The Hall–Kier alpha value is -5.74. The molecule has 0 unspecified atom stereocenters. The third-order valence-corrected chi connectivity index (χ3v) is 7.46. The quantitative estimate of drug-likeness (QED) is 0.0806. The molecule has 0 aliphatic rings. The summed E-state index contributed by atoms with van der Waals surface area (Å²) in [5.74, 6) is -5.79. The van der Waals surface area contributed by atoms with Crippen LogP contribution >= 0.6 is 0 Å². The van der Waals surface area contributed by atoms with Gasteiger partial charge >= 0.3 is 23.9 Å².